The van der Waals surface area contributed by atoms with E-state index < -0.39 is 0 Å². The average molecular weight is 264 g/mol. The lowest BCUT2D eigenvalue weighted by molar-refractivity contribution is -0.136. The van der Waals surface area contributed by atoms with Crippen LogP contribution >= 0.6 is 0 Å². The third-order valence-corrected chi connectivity index (χ3v) is 3.60. The summed E-state index contributed by atoms with van der Waals surface area (Å²) in [6.45, 7) is 4.88. The normalized spacial score (nSPS) is 19.2. The number of amides is 1. The summed E-state index contributed by atoms with van der Waals surface area (Å²) in [7, 11) is 0. The van der Waals surface area contributed by atoms with Crippen molar-refractivity contribution in [1.29, 1.82) is 0 Å². The Morgan fingerprint density at radius 2 is 2.37 bits per heavy atom. The lowest BCUT2D eigenvalue weighted by Gasteiger charge is -2.29. The van der Waals surface area contributed by atoms with Gasteiger partial charge in [0, 0.05) is 19.6 Å². The highest BCUT2D eigenvalue weighted by atomic mass is 19.1. The van der Waals surface area contributed by atoms with Gasteiger partial charge in [-0.3, -0.25) is 4.79 Å². The van der Waals surface area contributed by atoms with E-state index in [0.29, 0.717) is 13.1 Å². The number of rotatable bonds is 4. The molecular weight excluding hydrogens is 243 g/mol. The van der Waals surface area contributed by atoms with Gasteiger partial charge in [-0.15, -0.1) is 0 Å². The van der Waals surface area contributed by atoms with Crippen molar-refractivity contribution >= 4 is 5.91 Å². The minimum atomic E-state index is -0.250. The van der Waals surface area contributed by atoms with Crippen LogP contribution in [0.1, 0.15) is 25.3 Å². The molecule has 0 radical (unpaired) electrons. The van der Waals surface area contributed by atoms with E-state index in [0.717, 1.165) is 31.5 Å². The van der Waals surface area contributed by atoms with Crippen LogP contribution in [0.2, 0.25) is 0 Å². The first-order valence-electron chi connectivity index (χ1n) is 6.94. The molecule has 2 rings (SSSR count). The van der Waals surface area contributed by atoms with Crippen LogP contribution < -0.4 is 5.32 Å². The SMILES string of the molecule is CCN(Cc1cccc(F)c1)C(=O)[C@H]1CCCNC1. The number of hydrogen-bond donors (Lipinski definition) is 1. The molecule has 0 saturated carbocycles. The Hall–Kier alpha value is -1.42. The number of carbonyl (C=O) groups excluding carboxylic acids is 1. The molecule has 4 heteroatoms. The molecule has 0 spiro atoms. The Morgan fingerprint density at radius 3 is 3.00 bits per heavy atom. The number of hydrogen-bond acceptors (Lipinski definition) is 2. The van der Waals surface area contributed by atoms with Crippen molar-refractivity contribution in [3.8, 4) is 0 Å². The maximum atomic E-state index is 13.2. The van der Waals surface area contributed by atoms with Gasteiger partial charge in [-0.1, -0.05) is 12.1 Å². The van der Waals surface area contributed by atoms with Gasteiger partial charge >= 0.3 is 0 Å². The molecule has 104 valence electrons. The number of benzene rings is 1. The van der Waals surface area contributed by atoms with E-state index in [-0.39, 0.29) is 17.6 Å². The lowest BCUT2D eigenvalue weighted by Crippen LogP contribution is -2.42. The molecular formula is C15H21FN2O. The molecule has 1 amide bonds. The van der Waals surface area contributed by atoms with Crippen molar-refractivity contribution in [1.82, 2.24) is 10.2 Å². The van der Waals surface area contributed by atoms with Crippen LogP contribution in [0.25, 0.3) is 0 Å². The topological polar surface area (TPSA) is 32.3 Å². The van der Waals surface area contributed by atoms with Gasteiger partial charge in [-0.25, -0.2) is 4.39 Å². The predicted molar refractivity (Wildman–Crippen MR) is 73.1 cm³/mol. The number of halogens is 1. The highest BCUT2D eigenvalue weighted by Crippen LogP contribution is 2.16. The summed E-state index contributed by atoms with van der Waals surface area (Å²) in [5.74, 6) is 0.00144. The fourth-order valence-corrected chi connectivity index (χ4v) is 2.52. The fraction of sp³-hybridized carbons (Fsp3) is 0.533. The van der Waals surface area contributed by atoms with Crippen molar-refractivity contribution in [2.45, 2.75) is 26.3 Å². The second kappa shape index (κ2) is 6.66. The van der Waals surface area contributed by atoms with E-state index in [4.69, 9.17) is 0 Å². The summed E-state index contributed by atoms with van der Waals surface area (Å²) in [5.41, 5.74) is 0.846. The Labute approximate surface area is 113 Å². The van der Waals surface area contributed by atoms with Crippen LogP contribution in [0.5, 0.6) is 0 Å². The van der Waals surface area contributed by atoms with Crippen molar-refractivity contribution in [3.05, 3.63) is 35.6 Å². The Bertz CT molecular complexity index is 430. The molecule has 0 aromatic heterocycles. The second-order valence-electron chi connectivity index (χ2n) is 5.03. The number of nitrogens with zero attached hydrogens (tertiary/aromatic N) is 1. The Kier molecular flexibility index (Phi) is 4.91. The van der Waals surface area contributed by atoms with Gasteiger partial charge in [-0.2, -0.15) is 0 Å². The quantitative estimate of drug-likeness (QED) is 0.904. The van der Waals surface area contributed by atoms with Crippen molar-refractivity contribution in [2.75, 3.05) is 19.6 Å². The first-order chi connectivity index (χ1) is 9.20. The van der Waals surface area contributed by atoms with Gasteiger partial charge in [0.2, 0.25) is 5.91 Å². The Morgan fingerprint density at radius 1 is 1.53 bits per heavy atom. The Balaban J connectivity index is 2.00. The van der Waals surface area contributed by atoms with Crippen molar-refractivity contribution < 1.29 is 9.18 Å². The zero-order valence-corrected chi connectivity index (χ0v) is 11.4. The van der Waals surface area contributed by atoms with Gasteiger partial charge in [0.25, 0.3) is 0 Å². The van der Waals surface area contributed by atoms with Gasteiger partial charge in [0.1, 0.15) is 5.82 Å². The summed E-state index contributed by atoms with van der Waals surface area (Å²) in [5, 5.41) is 3.26. The monoisotopic (exact) mass is 264 g/mol. The van der Waals surface area contributed by atoms with E-state index in [2.05, 4.69) is 5.32 Å². The zero-order valence-electron chi connectivity index (χ0n) is 11.4. The summed E-state index contributed by atoms with van der Waals surface area (Å²) >= 11 is 0. The van der Waals surface area contributed by atoms with Crippen molar-refractivity contribution in [3.63, 3.8) is 0 Å². The number of carbonyl (C=O) groups is 1. The molecule has 1 heterocycles. The van der Waals surface area contributed by atoms with Crippen LogP contribution in [-0.4, -0.2) is 30.4 Å². The highest BCUT2D eigenvalue weighted by Gasteiger charge is 2.25. The minimum absolute atomic E-state index is 0.0715. The molecule has 0 unspecified atom stereocenters. The second-order valence-corrected chi connectivity index (χ2v) is 5.03. The molecule has 19 heavy (non-hydrogen) atoms. The first kappa shape index (κ1) is 14.0. The van der Waals surface area contributed by atoms with E-state index >= 15 is 0 Å². The van der Waals surface area contributed by atoms with Crippen LogP contribution in [0.4, 0.5) is 4.39 Å². The summed E-state index contributed by atoms with van der Waals surface area (Å²) < 4.78 is 13.2. The lowest BCUT2D eigenvalue weighted by atomic mass is 9.98. The third kappa shape index (κ3) is 3.77. The smallest absolute Gasteiger partial charge is 0.227 e. The maximum Gasteiger partial charge on any atom is 0.227 e. The largest absolute Gasteiger partial charge is 0.338 e. The van der Waals surface area contributed by atoms with Gasteiger partial charge in [-0.05, 0) is 44.0 Å². The molecule has 1 atom stereocenters. The first-order valence-corrected chi connectivity index (χ1v) is 6.94. The maximum absolute atomic E-state index is 13.2. The van der Waals surface area contributed by atoms with Crippen LogP contribution in [0, 0.1) is 11.7 Å². The summed E-state index contributed by atoms with van der Waals surface area (Å²) in [6.07, 6.45) is 2.00. The standard InChI is InChI=1S/C15H21FN2O/c1-2-18(11-12-5-3-7-14(16)9-12)15(19)13-6-4-8-17-10-13/h3,5,7,9,13,17H,2,4,6,8,10-11H2,1H3/t13-/m0/s1. The molecule has 1 saturated heterocycles. The minimum Gasteiger partial charge on any atom is -0.338 e. The zero-order chi connectivity index (χ0) is 13.7. The van der Waals surface area contributed by atoms with Gasteiger partial charge in [0.05, 0.1) is 5.92 Å². The molecule has 1 aromatic carbocycles. The van der Waals surface area contributed by atoms with E-state index in [1.807, 2.05) is 17.9 Å². The molecule has 1 fully saturated rings. The molecule has 1 N–H and O–H groups in total. The van der Waals surface area contributed by atoms with Gasteiger partial charge in [0.15, 0.2) is 0 Å². The molecule has 0 bridgehead atoms. The summed E-state index contributed by atoms with van der Waals surface area (Å²) in [6, 6.07) is 6.46. The van der Waals surface area contributed by atoms with E-state index in [9.17, 15) is 9.18 Å². The molecule has 3 nitrogen and oxygen atoms in total. The molecule has 0 aliphatic carbocycles. The van der Waals surface area contributed by atoms with Crippen LogP contribution in [-0.2, 0) is 11.3 Å². The predicted octanol–water partition coefficient (Wildman–Crippen LogP) is 2.17. The fourth-order valence-electron chi connectivity index (χ4n) is 2.52. The number of nitrogens with one attached hydrogen (secondary N) is 1. The van der Waals surface area contributed by atoms with Crippen LogP contribution in [0.3, 0.4) is 0 Å². The van der Waals surface area contributed by atoms with E-state index in [1.165, 1.54) is 12.1 Å². The van der Waals surface area contributed by atoms with Gasteiger partial charge < -0.3 is 10.2 Å². The van der Waals surface area contributed by atoms with Crippen LogP contribution in [0.15, 0.2) is 24.3 Å². The van der Waals surface area contributed by atoms with Crippen molar-refractivity contribution in [2.24, 2.45) is 5.92 Å². The third-order valence-electron chi connectivity index (χ3n) is 3.60. The highest BCUT2D eigenvalue weighted by molar-refractivity contribution is 5.79. The molecule has 1 aliphatic heterocycles. The average Bonchev–Trinajstić information content (AvgIpc) is 2.45. The summed E-state index contributed by atoms with van der Waals surface area (Å²) in [4.78, 5) is 14.2. The van der Waals surface area contributed by atoms with E-state index in [1.54, 1.807) is 6.07 Å². The number of piperidine rings is 1. The molecule has 1 aromatic rings. The molecule has 1 aliphatic rings.